The molecule has 2 heterocycles. The second-order valence-electron chi connectivity index (χ2n) is 6.00. The highest BCUT2D eigenvalue weighted by Gasteiger charge is 2.28. The van der Waals surface area contributed by atoms with E-state index >= 15 is 0 Å². The number of aromatic nitrogens is 2. The Hall–Kier alpha value is -0.830. The van der Waals surface area contributed by atoms with Gasteiger partial charge in [-0.3, -0.25) is 0 Å². The van der Waals surface area contributed by atoms with Gasteiger partial charge in [0.1, 0.15) is 5.82 Å². The summed E-state index contributed by atoms with van der Waals surface area (Å²) in [6, 6.07) is 0. The molecule has 0 aliphatic carbocycles. The van der Waals surface area contributed by atoms with Crippen molar-refractivity contribution in [1.82, 2.24) is 14.9 Å². The summed E-state index contributed by atoms with van der Waals surface area (Å²) in [6.07, 6.45) is 5.84. The number of rotatable bonds is 5. The Bertz CT molecular complexity index is 404. The van der Waals surface area contributed by atoms with Crippen LogP contribution < -0.4 is 5.32 Å². The zero-order chi connectivity index (χ0) is 13.2. The number of aryl methyl sites for hydroxylation is 1. The van der Waals surface area contributed by atoms with Crippen molar-refractivity contribution in [2.24, 2.45) is 0 Å². The lowest BCUT2D eigenvalue weighted by Gasteiger charge is -2.31. The summed E-state index contributed by atoms with van der Waals surface area (Å²) in [7, 11) is 0. The Kier molecular flexibility index (Phi) is 4.10. The lowest BCUT2D eigenvalue weighted by Crippen LogP contribution is -2.33. The molecular formula is C15H27N3. The summed E-state index contributed by atoms with van der Waals surface area (Å²) in [6.45, 7) is 11.3. The summed E-state index contributed by atoms with van der Waals surface area (Å²) in [5, 5.41) is 3.43. The standard InChI is InChI=1S/C15H27N3/c1-5-7-14-17-12-11-16-10-8-13(12)18(14)15(3,4)9-6-2/h16H,5-11H2,1-4H3. The maximum Gasteiger partial charge on any atom is 0.109 e. The van der Waals surface area contributed by atoms with E-state index in [1.54, 1.807) is 0 Å². The third-order valence-electron chi connectivity index (χ3n) is 3.90. The van der Waals surface area contributed by atoms with Crippen LogP contribution in [0.1, 0.15) is 64.2 Å². The lowest BCUT2D eigenvalue weighted by atomic mass is 9.96. The molecule has 0 radical (unpaired) electrons. The van der Waals surface area contributed by atoms with E-state index in [9.17, 15) is 0 Å². The average Bonchev–Trinajstić information content (AvgIpc) is 2.67. The lowest BCUT2D eigenvalue weighted by molar-refractivity contribution is 0.303. The number of hydrogen-bond acceptors (Lipinski definition) is 2. The molecule has 0 atom stereocenters. The smallest absolute Gasteiger partial charge is 0.109 e. The highest BCUT2D eigenvalue weighted by Crippen LogP contribution is 2.29. The predicted octanol–water partition coefficient (Wildman–Crippen LogP) is 3.02. The van der Waals surface area contributed by atoms with Crippen LogP contribution in [-0.2, 0) is 24.9 Å². The van der Waals surface area contributed by atoms with Gasteiger partial charge in [-0.1, -0.05) is 20.3 Å². The van der Waals surface area contributed by atoms with Gasteiger partial charge in [0.2, 0.25) is 0 Å². The minimum atomic E-state index is 0.206. The number of hydrogen-bond donors (Lipinski definition) is 1. The van der Waals surface area contributed by atoms with Crippen LogP contribution in [0.25, 0.3) is 0 Å². The van der Waals surface area contributed by atoms with E-state index in [2.05, 4.69) is 37.6 Å². The van der Waals surface area contributed by atoms with Gasteiger partial charge in [-0.25, -0.2) is 4.98 Å². The topological polar surface area (TPSA) is 29.9 Å². The van der Waals surface area contributed by atoms with E-state index in [-0.39, 0.29) is 5.54 Å². The van der Waals surface area contributed by atoms with Crippen molar-refractivity contribution < 1.29 is 0 Å². The van der Waals surface area contributed by atoms with Crippen LogP contribution in [0, 0.1) is 0 Å². The highest BCUT2D eigenvalue weighted by molar-refractivity contribution is 5.22. The van der Waals surface area contributed by atoms with Gasteiger partial charge in [-0.2, -0.15) is 0 Å². The second-order valence-corrected chi connectivity index (χ2v) is 6.00. The summed E-state index contributed by atoms with van der Waals surface area (Å²) in [5.74, 6) is 1.30. The molecule has 1 aromatic rings. The molecule has 0 amide bonds. The Morgan fingerprint density at radius 2 is 2.06 bits per heavy atom. The van der Waals surface area contributed by atoms with Gasteiger partial charge in [-0.05, 0) is 26.7 Å². The van der Waals surface area contributed by atoms with Crippen molar-refractivity contribution in [3.63, 3.8) is 0 Å². The van der Waals surface area contributed by atoms with Crippen molar-refractivity contribution in [2.45, 2.75) is 71.9 Å². The predicted molar refractivity (Wildman–Crippen MR) is 75.9 cm³/mol. The van der Waals surface area contributed by atoms with Gasteiger partial charge in [-0.15, -0.1) is 0 Å². The van der Waals surface area contributed by atoms with E-state index in [4.69, 9.17) is 4.98 Å². The third kappa shape index (κ3) is 2.46. The Morgan fingerprint density at radius 3 is 2.72 bits per heavy atom. The Balaban J connectivity index is 2.44. The number of imidazole rings is 1. The molecule has 18 heavy (non-hydrogen) atoms. The van der Waals surface area contributed by atoms with Crippen LogP contribution in [0.3, 0.4) is 0 Å². The fourth-order valence-corrected chi connectivity index (χ4v) is 3.20. The fraction of sp³-hybridized carbons (Fsp3) is 0.800. The second kappa shape index (κ2) is 5.43. The van der Waals surface area contributed by atoms with Crippen LogP contribution in [0.2, 0.25) is 0 Å². The van der Waals surface area contributed by atoms with Crippen molar-refractivity contribution >= 4 is 0 Å². The number of fused-ring (bicyclic) bond motifs is 1. The van der Waals surface area contributed by atoms with Crippen LogP contribution in [-0.4, -0.2) is 16.1 Å². The Labute approximate surface area is 111 Å². The van der Waals surface area contributed by atoms with Crippen molar-refractivity contribution in [3.8, 4) is 0 Å². The molecule has 2 rings (SSSR count). The number of nitrogens with zero attached hydrogens (tertiary/aromatic N) is 2. The molecule has 1 aromatic heterocycles. The average molecular weight is 249 g/mol. The minimum Gasteiger partial charge on any atom is -0.326 e. The zero-order valence-electron chi connectivity index (χ0n) is 12.3. The zero-order valence-corrected chi connectivity index (χ0v) is 12.3. The molecule has 3 heteroatoms. The monoisotopic (exact) mass is 249 g/mol. The number of nitrogens with one attached hydrogen (secondary N) is 1. The first-order valence-electron chi connectivity index (χ1n) is 7.40. The van der Waals surface area contributed by atoms with Crippen LogP contribution in [0.15, 0.2) is 0 Å². The summed E-state index contributed by atoms with van der Waals surface area (Å²) in [4.78, 5) is 4.89. The van der Waals surface area contributed by atoms with Crippen LogP contribution in [0.4, 0.5) is 0 Å². The molecular weight excluding hydrogens is 222 g/mol. The normalized spacial score (nSPS) is 15.8. The molecule has 0 fully saturated rings. The fourth-order valence-electron chi connectivity index (χ4n) is 3.20. The van der Waals surface area contributed by atoms with E-state index in [1.807, 2.05) is 0 Å². The molecule has 3 nitrogen and oxygen atoms in total. The summed E-state index contributed by atoms with van der Waals surface area (Å²) in [5.41, 5.74) is 2.97. The maximum atomic E-state index is 4.89. The molecule has 1 aliphatic heterocycles. The first kappa shape index (κ1) is 13.6. The molecule has 102 valence electrons. The maximum absolute atomic E-state index is 4.89. The molecule has 0 saturated carbocycles. The Morgan fingerprint density at radius 1 is 1.28 bits per heavy atom. The van der Waals surface area contributed by atoms with Gasteiger partial charge in [0.25, 0.3) is 0 Å². The van der Waals surface area contributed by atoms with E-state index < -0.39 is 0 Å². The van der Waals surface area contributed by atoms with Gasteiger partial charge in [0, 0.05) is 37.2 Å². The van der Waals surface area contributed by atoms with Crippen molar-refractivity contribution in [3.05, 3.63) is 17.2 Å². The van der Waals surface area contributed by atoms with Gasteiger partial charge in [0.05, 0.1) is 5.69 Å². The first-order valence-corrected chi connectivity index (χ1v) is 7.40. The molecule has 1 aliphatic rings. The quantitative estimate of drug-likeness (QED) is 0.869. The third-order valence-corrected chi connectivity index (χ3v) is 3.90. The molecule has 0 bridgehead atoms. The van der Waals surface area contributed by atoms with Crippen LogP contribution in [0.5, 0.6) is 0 Å². The summed E-state index contributed by atoms with van der Waals surface area (Å²) >= 11 is 0. The molecule has 0 aromatic carbocycles. The molecule has 1 N–H and O–H groups in total. The van der Waals surface area contributed by atoms with Gasteiger partial charge in [0.15, 0.2) is 0 Å². The van der Waals surface area contributed by atoms with Gasteiger partial charge >= 0.3 is 0 Å². The minimum absolute atomic E-state index is 0.206. The molecule has 0 unspecified atom stereocenters. The summed E-state index contributed by atoms with van der Waals surface area (Å²) < 4.78 is 2.55. The van der Waals surface area contributed by atoms with Crippen LogP contribution >= 0.6 is 0 Å². The molecule has 0 spiro atoms. The first-order chi connectivity index (χ1) is 8.60. The SMILES string of the molecule is CCCc1nc2c(n1C(C)(C)CCC)CCNC2. The van der Waals surface area contributed by atoms with E-state index in [0.717, 1.165) is 25.9 Å². The largest absolute Gasteiger partial charge is 0.326 e. The van der Waals surface area contributed by atoms with E-state index in [1.165, 1.54) is 36.5 Å². The van der Waals surface area contributed by atoms with Crippen molar-refractivity contribution in [1.29, 1.82) is 0 Å². The van der Waals surface area contributed by atoms with Gasteiger partial charge < -0.3 is 9.88 Å². The molecule has 0 saturated heterocycles. The van der Waals surface area contributed by atoms with Crippen molar-refractivity contribution in [2.75, 3.05) is 6.54 Å². The van der Waals surface area contributed by atoms with E-state index in [0.29, 0.717) is 0 Å². The highest BCUT2D eigenvalue weighted by atomic mass is 15.2.